The molecule has 4 rings (SSSR count). The van der Waals surface area contributed by atoms with Crippen molar-refractivity contribution in [3.05, 3.63) is 54.0 Å². The number of hydrogen-bond donors (Lipinski definition) is 0. The van der Waals surface area contributed by atoms with Crippen LogP contribution in [0.2, 0.25) is 0 Å². The van der Waals surface area contributed by atoms with Gasteiger partial charge in [-0.25, -0.2) is 4.98 Å². The minimum absolute atomic E-state index is 0.0420. The number of ether oxygens (including phenoxy) is 2. The van der Waals surface area contributed by atoms with Crippen molar-refractivity contribution in [2.75, 3.05) is 26.3 Å². The maximum absolute atomic E-state index is 13.7. The maximum Gasteiger partial charge on any atom is 0.233 e. The topological polar surface area (TPSA) is 64.5 Å². The number of nitrogens with zero attached hydrogens (tertiary/aromatic N) is 3. The van der Waals surface area contributed by atoms with Gasteiger partial charge in [-0.2, -0.15) is 4.98 Å². The van der Waals surface area contributed by atoms with Crippen LogP contribution < -0.4 is 4.74 Å². The summed E-state index contributed by atoms with van der Waals surface area (Å²) in [6, 6.07) is 11.9. The second kappa shape index (κ2) is 8.27. The molecule has 148 valence electrons. The molecular formula is C22H27N3O3. The van der Waals surface area contributed by atoms with E-state index in [1.165, 1.54) is 0 Å². The van der Waals surface area contributed by atoms with Gasteiger partial charge in [-0.3, -0.25) is 4.79 Å². The lowest BCUT2D eigenvalue weighted by atomic mass is 9.72. The van der Waals surface area contributed by atoms with Gasteiger partial charge in [0.25, 0.3) is 0 Å². The van der Waals surface area contributed by atoms with Crippen molar-refractivity contribution >= 4 is 5.91 Å². The Balaban J connectivity index is 1.52. The van der Waals surface area contributed by atoms with Gasteiger partial charge in [-0.05, 0) is 38.2 Å². The van der Waals surface area contributed by atoms with E-state index in [0.717, 1.165) is 37.8 Å². The summed E-state index contributed by atoms with van der Waals surface area (Å²) in [5.41, 5.74) is 0.602. The number of aryl methyl sites for hydroxylation is 1. The van der Waals surface area contributed by atoms with E-state index >= 15 is 0 Å². The first-order chi connectivity index (χ1) is 13.7. The van der Waals surface area contributed by atoms with Crippen LogP contribution in [0.25, 0.3) is 0 Å². The lowest BCUT2D eigenvalue weighted by Gasteiger charge is -2.42. The van der Waals surface area contributed by atoms with Gasteiger partial charge >= 0.3 is 0 Å². The van der Waals surface area contributed by atoms with E-state index in [2.05, 4.69) is 22.1 Å². The molecule has 1 aromatic heterocycles. The van der Waals surface area contributed by atoms with E-state index in [0.29, 0.717) is 31.5 Å². The van der Waals surface area contributed by atoms with Crippen molar-refractivity contribution in [2.24, 2.45) is 0 Å². The molecule has 2 aliphatic rings. The summed E-state index contributed by atoms with van der Waals surface area (Å²) in [4.78, 5) is 24.2. The van der Waals surface area contributed by atoms with Crippen LogP contribution in [-0.4, -0.2) is 53.2 Å². The monoisotopic (exact) mass is 381 g/mol. The highest BCUT2D eigenvalue weighted by Gasteiger charge is 2.45. The Bertz CT molecular complexity index is 806. The first-order valence-corrected chi connectivity index (χ1v) is 10.1. The van der Waals surface area contributed by atoms with Gasteiger partial charge in [-0.1, -0.05) is 30.3 Å². The average molecular weight is 381 g/mol. The standard InChI is InChI=1S/C22H27N3O3/c1-17-23-12-9-20(24-17)28-19-8-5-13-25(16-19)21(26)22(10-14-27-15-11-22)18-6-3-2-4-7-18/h2-4,6-7,9,12,19H,5,8,10-11,13-16H2,1H3. The fraction of sp³-hybridized carbons (Fsp3) is 0.500. The molecule has 2 saturated heterocycles. The number of benzene rings is 1. The molecule has 1 atom stereocenters. The Labute approximate surface area is 165 Å². The number of hydrogen-bond acceptors (Lipinski definition) is 5. The Morgan fingerprint density at radius 2 is 2.00 bits per heavy atom. The minimum Gasteiger partial charge on any atom is -0.472 e. The van der Waals surface area contributed by atoms with Crippen LogP contribution in [0.1, 0.15) is 37.1 Å². The Kier molecular flexibility index (Phi) is 5.57. The number of carbonyl (C=O) groups is 1. The van der Waals surface area contributed by atoms with E-state index in [1.807, 2.05) is 30.0 Å². The molecule has 0 N–H and O–H groups in total. The first-order valence-electron chi connectivity index (χ1n) is 10.1. The highest BCUT2D eigenvalue weighted by atomic mass is 16.5. The summed E-state index contributed by atoms with van der Waals surface area (Å²) in [6.07, 6.45) is 4.97. The van der Waals surface area contributed by atoms with E-state index in [1.54, 1.807) is 12.3 Å². The number of carbonyl (C=O) groups excluding carboxylic acids is 1. The number of amides is 1. The minimum atomic E-state index is -0.493. The zero-order chi connectivity index (χ0) is 19.4. The third-order valence-electron chi connectivity index (χ3n) is 5.79. The van der Waals surface area contributed by atoms with Crippen LogP contribution in [0.15, 0.2) is 42.6 Å². The first kappa shape index (κ1) is 18.9. The van der Waals surface area contributed by atoms with Crippen LogP contribution in [0.4, 0.5) is 0 Å². The predicted octanol–water partition coefficient (Wildman–Crippen LogP) is 2.90. The zero-order valence-electron chi connectivity index (χ0n) is 16.3. The van der Waals surface area contributed by atoms with Crippen LogP contribution in [0.5, 0.6) is 5.88 Å². The predicted molar refractivity (Wildman–Crippen MR) is 105 cm³/mol. The number of rotatable bonds is 4. The molecule has 2 aromatic rings. The summed E-state index contributed by atoms with van der Waals surface area (Å²) in [6.45, 7) is 4.45. The molecule has 2 fully saturated rings. The van der Waals surface area contributed by atoms with Crippen molar-refractivity contribution in [1.82, 2.24) is 14.9 Å². The summed E-state index contributed by atoms with van der Waals surface area (Å²) in [5.74, 6) is 1.47. The largest absolute Gasteiger partial charge is 0.472 e. The van der Waals surface area contributed by atoms with Crippen molar-refractivity contribution in [3.63, 3.8) is 0 Å². The van der Waals surface area contributed by atoms with Crippen LogP contribution >= 0.6 is 0 Å². The summed E-state index contributed by atoms with van der Waals surface area (Å²) < 4.78 is 11.7. The Morgan fingerprint density at radius 1 is 1.21 bits per heavy atom. The molecule has 6 nitrogen and oxygen atoms in total. The zero-order valence-corrected chi connectivity index (χ0v) is 16.3. The van der Waals surface area contributed by atoms with Gasteiger partial charge in [-0.15, -0.1) is 0 Å². The van der Waals surface area contributed by atoms with E-state index < -0.39 is 5.41 Å². The van der Waals surface area contributed by atoms with Crippen molar-refractivity contribution < 1.29 is 14.3 Å². The van der Waals surface area contributed by atoms with Gasteiger partial charge in [0.1, 0.15) is 11.9 Å². The van der Waals surface area contributed by atoms with Gasteiger partial charge in [0.05, 0.1) is 12.0 Å². The molecule has 0 spiro atoms. The normalized spacial score (nSPS) is 21.9. The van der Waals surface area contributed by atoms with E-state index in [-0.39, 0.29) is 12.0 Å². The third-order valence-corrected chi connectivity index (χ3v) is 5.79. The lowest BCUT2D eigenvalue weighted by molar-refractivity contribution is -0.144. The molecule has 2 aliphatic heterocycles. The molecule has 0 aliphatic carbocycles. The van der Waals surface area contributed by atoms with Crippen molar-refractivity contribution in [1.29, 1.82) is 0 Å². The average Bonchev–Trinajstić information content (AvgIpc) is 2.74. The van der Waals surface area contributed by atoms with Crippen LogP contribution in [0, 0.1) is 6.92 Å². The molecule has 0 saturated carbocycles. The maximum atomic E-state index is 13.7. The number of piperidine rings is 1. The second-order valence-electron chi connectivity index (χ2n) is 7.64. The molecular weight excluding hydrogens is 354 g/mol. The SMILES string of the molecule is Cc1nccc(OC2CCCN(C(=O)C3(c4ccccc4)CCOCC3)C2)n1. The molecule has 1 amide bonds. The van der Waals surface area contributed by atoms with Gasteiger partial charge in [0, 0.05) is 32.0 Å². The molecule has 28 heavy (non-hydrogen) atoms. The summed E-state index contributed by atoms with van der Waals surface area (Å²) in [5, 5.41) is 0. The van der Waals surface area contributed by atoms with E-state index in [9.17, 15) is 4.79 Å². The molecule has 0 radical (unpaired) electrons. The van der Waals surface area contributed by atoms with Gasteiger partial charge in [0.2, 0.25) is 11.8 Å². The Morgan fingerprint density at radius 3 is 2.75 bits per heavy atom. The number of likely N-dealkylation sites (tertiary alicyclic amines) is 1. The third kappa shape index (κ3) is 3.87. The molecule has 3 heterocycles. The fourth-order valence-electron chi connectivity index (χ4n) is 4.30. The molecule has 0 bridgehead atoms. The van der Waals surface area contributed by atoms with Gasteiger partial charge < -0.3 is 14.4 Å². The molecule has 6 heteroatoms. The van der Waals surface area contributed by atoms with Crippen LogP contribution in [-0.2, 0) is 14.9 Å². The Hall–Kier alpha value is -2.47. The van der Waals surface area contributed by atoms with Crippen molar-refractivity contribution in [3.8, 4) is 5.88 Å². The molecule has 1 unspecified atom stereocenters. The quantitative estimate of drug-likeness (QED) is 0.815. The summed E-state index contributed by atoms with van der Waals surface area (Å²) >= 11 is 0. The number of aromatic nitrogens is 2. The summed E-state index contributed by atoms with van der Waals surface area (Å²) in [7, 11) is 0. The highest BCUT2D eigenvalue weighted by molar-refractivity contribution is 5.88. The highest BCUT2D eigenvalue weighted by Crippen LogP contribution is 2.37. The fourth-order valence-corrected chi connectivity index (χ4v) is 4.30. The smallest absolute Gasteiger partial charge is 0.233 e. The molecule has 1 aromatic carbocycles. The van der Waals surface area contributed by atoms with E-state index in [4.69, 9.17) is 9.47 Å². The van der Waals surface area contributed by atoms with Crippen molar-refractivity contribution in [2.45, 2.75) is 44.1 Å². The van der Waals surface area contributed by atoms with Gasteiger partial charge in [0.15, 0.2) is 0 Å². The lowest BCUT2D eigenvalue weighted by Crippen LogP contribution is -2.54. The second-order valence-corrected chi connectivity index (χ2v) is 7.64. The van der Waals surface area contributed by atoms with Crippen LogP contribution in [0.3, 0.4) is 0 Å².